The molecule has 0 fully saturated rings. The molecule has 0 heterocycles. The Bertz CT molecular complexity index is 333. The smallest absolute Gasteiger partial charge is 0.119 e. The van der Waals surface area contributed by atoms with Crippen molar-refractivity contribution in [3.8, 4) is 5.75 Å². The number of aliphatic imine (C=N–C) groups is 1. The van der Waals surface area contributed by atoms with Crippen molar-refractivity contribution in [2.45, 2.75) is 6.92 Å². The maximum atomic E-state index is 5.48. The molecule has 0 aliphatic carbocycles. The van der Waals surface area contributed by atoms with Crippen molar-refractivity contribution in [3.63, 3.8) is 0 Å². The summed E-state index contributed by atoms with van der Waals surface area (Å²) < 4.78 is 10.8. The van der Waals surface area contributed by atoms with E-state index in [4.69, 9.17) is 9.47 Å². The number of nitrogens with zero attached hydrogens (tertiary/aromatic N) is 1. The molecule has 0 aliphatic rings. The molecule has 92 valence electrons. The molecular weight excluding hydrogens is 214 g/mol. The van der Waals surface area contributed by atoms with E-state index in [2.05, 4.69) is 4.99 Å². The van der Waals surface area contributed by atoms with Gasteiger partial charge in [0, 0.05) is 12.8 Å². The Kier molecular flexibility index (Phi) is 7.60. The van der Waals surface area contributed by atoms with Crippen molar-refractivity contribution < 1.29 is 9.47 Å². The Morgan fingerprint density at radius 2 is 2.00 bits per heavy atom. The lowest BCUT2D eigenvalue weighted by Gasteiger charge is -2.05. The molecule has 0 bridgehead atoms. The van der Waals surface area contributed by atoms with Crippen LogP contribution in [0.2, 0.25) is 0 Å². The third-order valence-electron chi connectivity index (χ3n) is 1.96. The predicted molar refractivity (Wildman–Crippen MR) is 70.9 cm³/mol. The molecule has 0 aliphatic heterocycles. The molecule has 0 saturated heterocycles. The molecule has 0 aromatic heterocycles. The summed E-state index contributed by atoms with van der Waals surface area (Å²) in [6.07, 6.45) is 5.60. The third kappa shape index (κ3) is 7.30. The van der Waals surface area contributed by atoms with Gasteiger partial charge in [-0.25, -0.2) is 0 Å². The zero-order valence-corrected chi connectivity index (χ0v) is 10.2. The average molecular weight is 233 g/mol. The molecule has 1 aromatic carbocycles. The SMILES string of the molecule is CCN=C/C=C\COCCOc1ccccc1. The molecule has 1 rings (SSSR count). The molecule has 3 heteroatoms. The lowest BCUT2D eigenvalue weighted by atomic mass is 10.3. The lowest BCUT2D eigenvalue weighted by Crippen LogP contribution is -2.06. The van der Waals surface area contributed by atoms with E-state index in [1.165, 1.54) is 0 Å². The summed E-state index contributed by atoms with van der Waals surface area (Å²) in [4.78, 5) is 4.05. The summed E-state index contributed by atoms with van der Waals surface area (Å²) in [5.41, 5.74) is 0. The van der Waals surface area contributed by atoms with Crippen LogP contribution in [0.1, 0.15) is 6.92 Å². The number of ether oxygens (including phenoxy) is 2. The van der Waals surface area contributed by atoms with Crippen LogP contribution in [0.25, 0.3) is 0 Å². The van der Waals surface area contributed by atoms with Gasteiger partial charge in [0.15, 0.2) is 0 Å². The summed E-state index contributed by atoms with van der Waals surface area (Å²) in [5.74, 6) is 0.877. The zero-order valence-electron chi connectivity index (χ0n) is 10.2. The Labute approximate surface area is 103 Å². The minimum Gasteiger partial charge on any atom is -0.491 e. The summed E-state index contributed by atoms with van der Waals surface area (Å²) >= 11 is 0. The highest BCUT2D eigenvalue weighted by Crippen LogP contribution is 2.07. The molecule has 17 heavy (non-hydrogen) atoms. The Balaban J connectivity index is 1.98. The van der Waals surface area contributed by atoms with Crippen LogP contribution in [0, 0.1) is 0 Å². The standard InChI is InChI=1S/C14H19NO2/c1-2-15-10-6-7-11-16-12-13-17-14-8-4-3-5-9-14/h3-10H,2,11-13H2,1H3/b7-6-,15-10?. The minimum absolute atomic E-state index is 0.570. The van der Waals surface area contributed by atoms with Crippen molar-refractivity contribution in [1.29, 1.82) is 0 Å². The fourth-order valence-corrected chi connectivity index (χ4v) is 1.17. The molecule has 3 nitrogen and oxygen atoms in total. The molecule has 1 aromatic rings. The molecule has 0 saturated carbocycles. The number of hydrogen-bond acceptors (Lipinski definition) is 3. The van der Waals surface area contributed by atoms with Gasteiger partial charge < -0.3 is 9.47 Å². The zero-order chi connectivity index (χ0) is 12.2. The van der Waals surface area contributed by atoms with Gasteiger partial charge in [0.05, 0.1) is 13.2 Å². The van der Waals surface area contributed by atoms with E-state index in [0.717, 1.165) is 12.3 Å². The van der Waals surface area contributed by atoms with Crippen molar-refractivity contribution in [1.82, 2.24) is 0 Å². The second-order valence-corrected chi connectivity index (χ2v) is 3.31. The second-order valence-electron chi connectivity index (χ2n) is 3.31. The predicted octanol–water partition coefficient (Wildman–Crippen LogP) is 2.73. The molecule has 0 atom stereocenters. The van der Waals surface area contributed by atoms with Crippen LogP contribution in [0.5, 0.6) is 5.75 Å². The summed E-state index contributed by atoms with van der Waals surface area (Å²) in [7, 11) is 0. The van der Waals surface area contributed by atoms with Crippen LogP contribution < -0.4 is 4.74 Å². The van der Waals surface area contributed by atoms with Gasteiger partial charge in [-0.05, 0) is 25.1 Å². The Morgan fingerprint density at radius 1 is 1.18 bits per heavy atom. The summed E-state index contributed by atoms with van der Waals surface area (Å²) in [5, 5.41) is 0. The molecular formula is C14H19NO2. The lowest BCUT2D eigenvalue weighted by molar-refractivity contribution is 0.121. The van der Waals surface area contributed by atoms with Gasteiger partial charge >= 0.3 is 0 Å². The van der Waals surface area contributed by atoms with Gasteiger partial charge in [-0.15, -0.1) is 0 Å². The first-order valence-corrected chi connectivity index (χ1v) is 5.84. The fraction of sp³-hybridized carbons (Fsp3) is 0.357. The number of benzene rings is 1. The van der Waals surface area contributed by atoms with E-state index in [1.54, 1.807) is 6.21 Å². The van der Waals surface area contributed by atoms with E-state index in [0.29, 0.717) is 19.8 Å². The van der Waals surface area contributed by atoms with E-state index in [9.17, 15) is 0 Å². The van der Waals surface area contributed by atoms with E-state index in [1.807, 2.05) is 49.4 Å². The highest BCUT2D eigenvalue weighted by atomic mass is 16.5. The van der Waals surface area contributed by atoms with Gasteiger partial charge in [0.2, 0.25) is 0 Å². The van der Waals surface area contributed by atoms with Crippen molar-refractivity contribution in [3.05, 3.63) is 42.5 Å². The quantitative estimate of drug-likeness (QED) is 0.510. The van der Waals surface area contributed by atoms with Crippen LogP contribution in [0.3, 0.4) is 0 Å². The number of allylic oxidation sites excluding steroid dienone is 1. The first-order valence-electron chi connectivity index (χ1n) is 5.84. The number of para-hydroxylation sites is 1. The minimum atomic E-state index is 0.570. The van der Waals surface area contributed by atoms with Crippen LogP contribution in [0.4, 0.5) is 0 Å². The first kappa shape index (κ1) is 13.5. The fourth-order valence-electron chi connectivity index (χ4n) is 1.17. The van der Waals surface area contributed by atoms with Crippen LogP contribution in [-0.2, 0) is 4.74 Å². The largest absolute Gasteiger partial charge is 0.491 e. The van der Waals surface area contributed by atoms with E-state index >= 15 is 0 Å². The molecule has 0 unspecified atom stereocenters. The van der Waals surface area contributed by atoms with Crippen LogP contribution >= 0.6 is 0 Å². The topological polar surface area (TPSA) is 30.8 Å². The van der Waals surface area contributed by atoms with Crippen molar-refractivity contribution in [2.24, 2.45) is 4.99 Å². The third-order valence-corrected chi connectivity index (χ3v) is 1.96. The maximum Gasteiger partial charge on any atom is 0.119 e. The average Bonchev–Trinajstić information content (AvgIpc) is 2.38. The highest BCUT2D eigenvalue weighted by molar-refractivity contribution is 5.70. The van der Waals surface area contributed by atoms with Gasteiger partial charge in [0.25, 0.3) is 0 Å². The van der Waals surface area contributed by atoms with Gasteiger partial charge in [-0.2, -0.15) is 0 Å². The second kappa shape index (κ2) is 9.60. The Morgan fingerprint density at radius 3 is 2.76 bits per heavy atom. The first-order chi connectivity index (χ1) is 8.43. The van der Waals surface area contributed by atoms with Crippen molar-refractivity contribution in [2.75, 3.05) is 26.4 Å². The van der Waals surface area contributed by atoms with Crippen LogP contribution in [-0.4, -0.2) is 32.6 Å². The maximum absolute atomic E-state index is 5.48. The molecule has 0 amide bonds. The Hall–Kier alpha value is -1.61. The number of hydrogen-bond donors (Lipinski definition) is 0. The van der Waals surface area contributed by atoms with Gasteiger partial charge in [-0.1, -0.05) is 24.3 Å². The van der Waals surface area contributed by atoms with E-state index in [-0.39, 0.29) is 0 Å². The molecule has 0 N–H and O–H groups in total. The summed E-state index contributed by atoms with van der Waals surface area (Å²) in [6.45, 7) is 4.57. The monoisotopic (exact) mass is 233 g/mol. The molecule has 0 spiro atoms. The highest BCUT2D eigenvalue weighted by Gasteiger charge is 1.90. The van der Waals surface area contributed by atoms with Crippen LogP contribution in [0.15, 0.2) is 47.5 Å². The van der Waals surface area contributed by atoms with Gasteiger partial charge in [0.1, 0.15) is 12.4 Å². The van der Waals surface area contributed by atoms with Gasteiger partial charge in [-0.3, -0.25) is 4.99 Å². The van der Waals surface area contributed by atoms with Crippen molar-refractivity contribution >= 4 is 6.21 Å². The number of rotatable bonds is 8. The van der Waals surface area contributed by atoms with E-state index < -0.39 is 0 Å². The summed E-state index contributed by atoms with van der Waals surface area (Å²) in [6, 6.07) is 9.73. The normalized spacial score (nSPS) is 11.4. The molecule has 0 radical (unpaired) electrons.